The number of nitrogens with one attached hydrogen (secondary N) is 1. The van der Waals surface area contributed by atoms with Gasteiger partial charge >= 0.3 is 5.97 Å². The Morgan fingerprint density at radius 3 is 2.57 bits per heavy atom. The molecule has 0 bridgehead atoms. The van der Waals surface area contributed by atoms with Gasteiger partial charge in [-0.25, -0.2) is 0 Å². The average Bonchev–Trinajstić information content (AvgIpc) is 2.95. The van der Waals surface area contributed by atoms with Crippen LogP contribution in [0.5, 0.6) is 0 Å². The van der Waals surface area contributed by atoms with Gasteiger partial charge in [-0.05, 0) is 30.2 Å². The quantitative estimate of drug-likeness (QED) is 0.852. The molecule has 1 amide bonds. The molecule has 2 aromatic rings. The van der Waals surface area contributed by atoms with E-state index in [9.17, 15) is 9.59 Å². The second-order valence-corrected chi connectivity index (χ2v) is 4.61. The molecule has 0 fully saturated rings. The maximum absolute atomic E-state index is 12.0. The summed E-state index contributed by atoms with van der Waals surface area (Å²) in [4.78, 5) is 22.5. The summed E-state index contributed by atoms with van der Waals surface area (Å²) in [5.41, 5.74) is 2.17. The number of carboxylic acids is 1. The molecule has 2 rings (SSSR count). The summed E-state index contributed by atoms with van der Waals surface area (Å²) >= 11 is 0. The molecule has 1 aromatic carbocycles. The van der Waals surface area contributed by atoms with Crippen molar-refractivity contribution in [1.82, 2.24) is 9.78 Å². The predicted octanol–water partition coefficient (Wildman–Crippen LogP) is 2.17. The molecule has 2 N–H and O–H groups in total. The van der Waals surface area contributed by atoms with Gasteiger partial charge in [-0.3, -0.25) is 14.3 Å². The van der Waals surface area contributed by atoms with E-state index in [1.807, 2.05) is 24.3 Å². The molecule has 6 heteroatoms. The van der Waals surface area contributed by atoms with Crippen LogP contribution < -0.4 is 5.32 Å². The van der Waals surface area contributed by atoms with Gasteiger partial charge in [-0.15, -0.1) is 0 Å². The van der Waals surface area contributed by atoms with Gasteiger partial charge in [-0.2, -0.15) is 5.10 Å². The summed E-state index contributed by atoms with van der Waals surface area (Å²) in [5.74, 6) is -1.21. The fraction of sp³-hybridized carbons (Fsp3) is 0.267. The minimum Gasteiger partial charge on any atom is -0.481 e. The van der Waals surface area contributed by atoms with E-state index in [0.717, 1.165) is 6.42 Å². The summed E-state index contributed by atoms with van der Waals surface area (Å²) in [5, 5.41) is 15.4. The molecule has 21 heavy (non-hydrogen) atoms. The van der Waals surface area contributed by atoms with Crippen molar-refractivity contribution in [3.05, 3.63) is 47.8 Å². The number of aliphatic carboxylic acids is 1. The molecule has 1 aromatic heterocycles. The van der Waals surface area contributed by atoms with Gasteiger partial charge in [-0.1, -0.05) is 19.1 Å². The first kappa shape index (κ1) is 14.8. The number of aromatic nitrogens is 2. The van der Waals surface area contributed by atoms with Crippen molar-refractivity contribution in [2.45, 2.75) is 26.3 Å². The fourth-order valence-electron chi connectivity index (χ4n) is 1.84. The number of amides is 1. The van der Waals surface area contributed by atoms with Crippen LogP contribution in [0.4, 0.5) is 5.69 Å². The summed E-state index contributed by atoms with van der Waals surface area (Å²) in [6.07, 6.45) is 2.52. The van der Waals surface area contributed by atoms with Crippen LogP contribution in [0.25, 0.3) is 0 Å². The lowest BCUT2D eigenvalue weighted by Crippen LogP contribution is -2.14. The Balaban J connectivity index is 1.97. The fourth-order valence-corrected chi connectivity index (χ4v) is 1.84. The zero-order valence-electron chi connectivity index (χ0n) is 11.7. The topological polar surface area (TPSA) is 84.2 Å². The number of rotatable bonds is 6. The molecule has 0 spiro atoms. The van der Waals surface area contributed by atoms with Crippen molar-refractivity contribution in [3.8, 4) is 0 Å². The highest BCUT2D eigenvalue weighted by molar-refractivity contribution is 6.02. The highest BCUT2D eigenvalue weighted by atomic mass is 16.4. The van der Waals surface area contributed by atoms with Crippen LogP contribution >= 0.6 is 0 Å². The smallest absolute Gasteiger partial charge is 0.305 e. The molecule has 0 aliphatic carbocycles. The Kier molecular flexibility index (Phi) is 4.71. The first-order chi connectivity index (χ1) is 10.1. The second-order valence-electron chi connectivity index (χ2n) is 4.61. The molecule has 110 valence electrons. The number of hydrogen-bond acceptors (Lipinski definition) is 3. The standard InChI is InChI=1S/C15H17N3O3/c1-2-11-3-5-12(6-4-11)16-15(21)13-7-9-18(17-13)10-8-14(19)20/h3-7,9H,2,8,10H2,1H3,(H,16,21)(H,19,20). The number of anilines is 1. The van der Waals surface area contributed by atoms with Gasteiger partial charge in [0.25, 0.3) is 5.91 Å². The largest absolute Gasteiger partial charge is 0.481 e. The number of carbonyl (C=O) groups excluding carboxylic acids is 1. The summed E-state index contributed by atoms with van der Waals surface area (Å²) in [6.45, 7) is 2.31. The zero-order chi connectivity index (χ0) is 15.2. The van der Waals surface area contributed by atoms with Crippen molar-refractivity contribution in [2.75, 3.05) is 5.32 Å². The Morgan fingerprint density at radius 1 is 1.24 bits per heavy atom. The highest BCUT2D eigenvalue weighted by Crippen LogP contribution is 2.11. The van der Waals surface area contributed by atoms with Crippen LogP contribution in [-0.2, 0) is 17.8 Å². The molecular weight excluding hydrogens is 270 g/mol. The Labute approximate surface area is 122 Å². The normalized spacial score (nSPS) is 10.3. The molecule has 1 heterocycles. The van der Waals surface area contributed by atoms with E-state index in [2.05, 4.69) is 17.3 Å². The lowest BCUT2D eigenvalue weighted by atomic mass is 10.1. The van der Waals surface area contributed by atoms with Gasteiger partial charge in [0.05, 0.1) is 13.0 Å². The number of nitrogens with zero attached hydrogens (tertiary/aromatic N) is 2. The number of benzene rings is 1. The lowest BCUT2D eigenvalue weighted by molar-refractivity contribution is -0.137. The molecule has 0 unspecified atom stereocenters. The highest BCUT2D eigenvalue weighted by Gasteiger charge is 2.10. The molecule has 0 radical (unpaired) electrons. The number of aryl methyl sites for hydroxylation is 2. The SMILES string of the molecule is CCc1ccc(NC(=O)c2ccn(CCC(=O)O)n2)cc1. The molecule has 0 aliphatic rings. The van der Waals surface area contributed by atoms with Gasteiger partial charge in [0, 0.05) is 11.9 Å². The monoisotopic (exact) mass is 287 g/mol. The lowest BCUT2D eigenvalue weighted by Gasteiger charge is -2.04. The third kappa shape index (κ3) is 4.17. The Bertz CT molecular complexity index is 632. The maximum Gasteiger partial charge on any atom is 0.305 e. The van der Waals surface area contributed by atoms with Crippen LogP contribution in [0.2, 0.25) is 0 Å². The van der Waals surface area contributed by atoms with Crippen molar-refractivity contribution in [1.29, 1.82) is 0 Å². The van der Waals surface area contributed by atoms with Crippen molar-refractivity contribution in [3.63, 3.8) is 0 Å². The number of carboxylic acid groups (broad SMARTS) is 1. The van der Waals surface area contributed by atoms with Gasteiger partial charge in [0.15, 0.2) is 5.69 Å². The summed E-state index contributed by atoms with van der Waals surface area (Å²) in [7, 11) is 0. The number of carbonyl (C=O) groups is 2. The first-order valence-electron chi connectivity index (χ1n) is 6.74. The van der Waals surface area contributed by atoms with E-state index in [1.54, 1.807) is 12.3 Å². The molecule has 0 aliphatic heterocycles. The third-order valence-corrected chi connectivity index (χ3v) is 3.05. The predicted molar refractivity (Wildman–Crippen MR) is 78.3 cm³/mol. The number of hydrogen-bond donors (Lipinski definition) is 2. The first-order valence-corrected chi connectivity index (χ1v) is 6.74. The molecule has 6 nitrogen and oxygen atoms in total. The maximum atomic E-state index is 12.0. The van der Waals surface area contributed by atoms with E-state index in [1.165, 1.54) is 10.2 Å². The van der Waals surface area contributed by atoms with E-state index < -0.39 is 5.97 Å². The molecule has 0 atom stereocenters. The average molecular weight is 287 g/mol. The molecule has 0 saturated heterocycles. The Hall–Kier alpha value is -2.63. The van der Waals surface area contributed by atoms with Gasteiger partial charge < -0.3 is 10.4 Å². The van der Waals surface area contributed by atoms with Gasteiger partial charge in [0.2, 0.25) is 0 Å². The zero-order valence-corrected chi connectivity index (χ0v) is 11.7. The van der Waals surface area contributed by atoms with Crippen molar-refractivity contribution >= 4 is 17.6 Å². The van der Waals surface area contributed by atoms with Crippen molar-refractivity contribution in [2.24, 2.45) is 0 Å². The van der Waals surface area contributed by atoms with Crippen LogP contribution in [-0.4, -0.2) is 26.8 Å². The second kappa shape index (κ2) is 6.69. The van der Waals surface area contributed by atoms with E-state index in [4.69, 9.17) is 5.11 Å². The molecule has 0 saturated carbocycles. The van der Waals surface area contributed by atoms with Gasteiger partial charge in [0.1, 0.15) is 0 Å². The third-order valence-electron chi connectivity index (χ3n) is 3.05. The van der Waals surface area contributed by atoms with Crippen LogP contribution in [0, 0.1) is 0 Å². The minimum atomic E-state index is -0.896. The van der Waals surface area contributed by atoms with E-state index >= 15 is 0 Å². The molecular formula is C15H17N3O3. The van der Waals surface area contributed by atoms with Crippen LogP contribution in [0.1, 0.15) is 29.4 Å². The van der Waals surface area contributed by atoms with Crippen LogP contribution in [0.15, 0.2) is 36.5 Å². The minimum absolute atomic E-state index is 0.0266. The summed E-state index contributed by atoms with van der Waals surface area (Å²) in [6, 6.07) is 9.18. The summed E-state index contributed by atoms with van der Waals surface area (Å²) < 4.78 is 1.45. The Morgan fingerprint density at radius 2 is 1.95 bits per heavy atom. The van der Waals surface area contributed by atoms with Crippen LogP contribution in [0.3, 0.4) is 0 Å². The van der Waals surface area contributed by atoms with E-state index in [0.29, 0.717) is 5.69 Å². The van der Waals surface area contributed by atoms with Crippen molar-refractivity contribution < 1.29 is 14.7 Å². The van der Waals surface area contributed by atoms with E-state index in [-0.39, 0.29) is 24.6 Å².